The van der Waals surface area contributed by atoms with E-state index in [-0.39, 0.29) is 52.8 Å². The fourth-order valence-corrected chi connectivity index (χ4v) is 0.874. The average molecular weight is 197 g/mol. The molecule has 1 N–H and O–H groups in total. The van der Waals surface area contributed by atoms with Gasteiger partial charge in [0.1, 0.15) is 0 Å². The Balaban J connectivity index is 0. The summed E-state index contributed by atoms with van der Waals surface area (Å²) in [7, 11) is -2.53. The van der Waals surface area contributed by atoms with Crippen molar-refractivity contribution in [2.75, 3.05) is 0 Å². The predicted molar refractivity (Wildman–Crippen MR) is 38.0 cm³/mol. The van der Waals surface area contributed by atoms with Crippen LogP contribution in [-0.4, -0.2) is 4.89 Å². The molecule has 0 aromatic heterocycles. The Labute approximate surface area is 110 Å². The zero-order valence-corrected chi connectivity index (χ0v) is 10.1. The van der Waals surface area contributed by atoms with Gasteiger partial charge in [-0.1, -0.05) is 18.2 Å². The molecule has 1 aromatic carbocycles. The molecule has 0 aliphatic heterocycles. The largest absolute Gasteiger partial charge is 1.00 e. The van der Waals surface area contributed by atoms with Gasteiger partial charge in [-0.15, -0.1) is 4.89 Å². The normalized spacial score (nSPS) is 9.73. The van der Waals surface area contributed by atoms with E-state index >= 15 is 0 Å². The van der Waals surface area contributed by atoms with Crippen molar-refractivity contribution in [1.29, 1.82) is 0 Å². The third kappa shape index (κ3) is 5.03. The molecule has 0 radical (unpaired) electrons. The summed E-state index contributed by atoms with van der Waals surface area (Å²) < 4.78 is 14.6. The van der Waals surface area contributed by atoms with Crippen molar-refractivity contribution in [3.05, 3.63) is 30.3 Å². The summed E-state index contributed by atoms with van der Waals surface area (Å²) in [5.41, 5.74) is 0. The maximum absolute atomic E-state index is 10.1. The topological polar surface area (TPSA) is 46.5 Å². The summed E-state index contributed by atoms with van der Waals surface area (Å²) in [6.07, 6.45) is 0. The molecule has 0 aliphatic carbocycles. The molecule has 3 nitrogen and oxygen atoms in total. The zero-order chi connectivity index (χ0) is 7.40. The van der Waals surface area contributed by atoms with Gasteiger partial charge in [0.2, 0.25) is 0 Å². The molecule has 11 heavy (non-hydrogen) atoms. The number of para-hydroxylation sites is 1. The zero-order valence-electron chi connectivity index (χ0n) is 7.10. The van der Waals surface area contributed by atoms with Crippen LogP contribution in [0.2, 0.25) is 0 Å². The SMILES string of the molecule is O=[P+](O)Oc1ccccc1.[H-].[K+]. The van der Waals surface area contributed by atoms with Crippen LogP contribution in [0.5, 0.6) is 5.75 Å². The first-order chi connectivity index (χ1) is 4.79. The minimum atomic E-state index is -2.53. The second-order valence-electron chi connectivity index (χ2n) is 1.64. The van der Waals surface area contributed by atoms with E-state index in [9.17, 15) is 4.57 Å². The monoisotopic (exact) mass is 197 g/mol. The van der Waals surface area contributed by atoms with Gasteiger partial charge in [-0.05, 0) is 12.1 Å². The first-order valence-electron chi connectivity index (χ1n) is 2.68. The van der Waals surface area contributed by atoms with Gasteiger partial charge < -0.3 is 1.43 Å². The molecular weight excluding hydrogens is 190 g/mol. The summed E-state index contributed by atoms with van der Waals surface area (Å²) in [4.78, 5) is 8.29. The van der Waals surface area contributed by atoms with Gasteiger partial charge in [0, 0.05) is 4.57 Å². The summed E-state index contributed by atoms with van der Waals surface area (Å²) in [5.74, 6) is 0.408. The van der Waals surface area contributed by atoms with E-state index in [4.69, 9.17) is 4.89 Å². The van der Waals surface area contributed by atoms with E-state index in [1.807, 2.05) is 0 Å². The Morgan fingerprint density at radius 1 is 1.36 bits per heavy atom. The van der Waals surface area contributed by atoms with Crippen LogP contribution in [0.15, 0.2) is 30.3 Å². The standard InChI is InChI=1S/C6H5O3P.K.H/c7-10(8)9-6-4-2-1-3-5-6;;/h1-5H;;/q;+1;-1/p+1. The molecule has 1 unspecified atom stereocenters. The Kier molecular flexibility index (Phi) is 6.66. The molecule has 1 atom stereocenters. The molecular formula is C6H7KO3P+. The van der Waals surface area contributed by atoms with E-state index in [0.717, 1.165) is 0 Å². The van der Waals surface area contributed by atoms with Crippen molar-refractivity contribution in [2.45, 2.75) is 0 Å². The van der Waals surface area contributed by atoms with Crippen molar-refractivity contribution in [3.63, 3.8) is 0 Å². The second kappa shape index (κ2) is 6.26. The van der Waals surface area contributed by atoms with E-state index in [0.29, 0.717) is 5.75 Å². The second-order valence-corrected chi connectivity index (χ2v) is 2.30. The minimum absolute atomic E-state index is 0. The van der Waals surface area contributed by atoms with Crippen molar-refractivity contribution in [1.82, 2.24) is 0 Å². The van der Waals surface area contributed by atoms with Gasteiger partial charge >= 0.3 is 59.6 Å². The first-order valence-corrected chi connectivity index (χ1v) is 3.81. The minimum Gasteiger partial charge on any atom is -1.00 e. The van der Waals surface area contributed by atoms with Crippen LogP contribution in [0, 0.1) is 0 Å². The van der Waals surface area contributed by atoms with Gasteiger partial charge in [-0.3, -0.25) is 0 Å². The van der Waals surface area contributed by atoms with Crippen LogP contribution >= 0.6 is 8.25 Å². The third-order valence-corrected chi connectivity index (χ3v) is 1.29. The van der Waals surface area contributed by atoms with Crippen LogP contribution in [0.4, 0.5) is 0 Å². The summed E-state index contributed by atoms with van der Waals surface area (Å²) in [5, 5.41) is 0. The first kappa shape index (κ1) is 11.7. The molecule has 0 amide bonds. The smallest absolute Gasteiger partial charge is 1.00 e. The van der Waals surface area contributed by atoms with E-state index in [2.05, 4.69) is 4.52 Å². The number of benzene rings is 1. The molecule has 0 bridgehead atoms. The molecule has 0 aliphatic rings. The van der Waals surface area contributed by atoms with E-state index < -0.39 is 8.25 Å². The molecule has 0 fully saturated rings. The van der Waals surface area contributed by atoms with Crippen molar-refractivity contribution >= 4 is 8.25 Å². The number of rotatable bonds is 2. The molecule has 0 heterocycles. The maximum atomic E-state index is 10.1. The Bertz CT molecular complexity index is 231. The quantitative estimate of drug-likeness (QED) is 0.480. The molecule has 54 valence electrons. The van der Waals surface area contributed by atoms with Crippen LogP contribution in [0.1, 0.15) is 1.43 Å². The maximum Gasteiger partial charge on any atom is 1.00 e. The van der Waals surface area contributed by atoms with Gasteiger partial charge in [0.15, 0.2) is 5.75 Å². The van der Waals surface area contributed by atoms with Gasteiger partial charge in [-0.2, -0.15) is 0 Å². The van der Waals surface area contributed by atoms with Crippen LogP contribution in [0.3, 0.4) is 0 Å². The predicted octanol–water partition coefficient (Wildman–Crippen LogP) is -1.17. The summed E-state index contributed by atoms with van der Waals surface area (Å²) in [6, 6.07) is 8.49. The summed E-state index contributed by atoms with van der Waals surface area (Å²) >= 11 is 0. The van der Waals surface area contributed by atoms with Gasteiger partial charge in [0.05, 0.1) is 0 Å². The van der Waals surface area contributed by atoms with Gasteiger partial charge in [-0.25, -0.2) is 4.52 Å². The van der Waals surface area contributed by atoms with E-state index in [1.54, 1.807) is 30.3 Å². The van der Waals surface area contributed by atoms with Crippen molar-refractivity contribution in [3.8, 4) is 5.75 Å². The Hall–Kier alpha value is 0.716. The molecule has 0 saturated heterocycles. The van der Waals surface area contributed by atoms with Crippen molar-refractivity contribution < 1.29 is 66.8 Å². The summed E-state index contributed by atoms with van der Waals surface area (Å²) in [6.45, 7) is 0. The fourth-order valence-electron chi connectivity index (χ4n) is 0.572. The Morgan fingerprint density at radius 2 is 1.91 bits per heavy atom. The fraction of sp³-hybridized carbons (Fsp3) is 0. The van der Waals surface area contributed by atoms with Crippen LogP contribution in [-0.2, 0) is 4.57 Å². The third-order valence-electron chi connectivity index (χ3n) is 0.927. The molecule has 0 spiro atoms. The van der Waals surface area contributed by atoms with E-state index in [1.165, 1.54) is 0 Å². The number of hydrogen-bond donors (Lipinski definition) is 1. The Morgan fingerprint density at radius 3 is 2.36 bits per heavy atom. The number of hydrogen-bond acceptors (Lipinski definition) is 2. The van der Waals surface area contributed by atoms with Crippen LogP contribution in [0.25, 0.3) is 0 Å². The molecule has 1 rings (SSSR count). The van der Waals surface area contributed by atoms with Gasteiger partial charge in [0.25, 0.3) is 0 Å². The van der Waals surface area contributed by atoms with Crippen molar-refractivity contribution in [2.24, 2.45) is 0 Å². The molecule has 0 saturated carbocycles. The van der Waals surface area contributed by atoms with Crippen LogP contribution < -0.4 is 55.9 Å². The average Bonchev–Trinajstić information content (AvgIpc) is 1.88. The molecule has 1 aromatic rings. The molecule has 5 heteroatoms.